The van der Waals surface area contributed by atoms with E-state index in [1.165, 1.54) is 0 Å². The topological polar surface area (TPSA) is 55.1 Å². The summed E-state index contributed by atoms with van der Waals surface area (Å²) in [6, 6.07) is 6.03. The zero-order valence-corrected chi connectivity index (χ0v) is 9.72. The third-order valence-electron chi connectivity index (χ3n) is 2.79. The third kappa shape index (κ3) is 2.18. The van der Waals surface area contributed by atoms with Gasteiger partial charge in [0, 0.05) is 0 Å². The molecule has 3 N–H and O–H groups in total. The molecule has 0 aliphatic carbocycles. The van der Waals surface area contributed by atoms with Crippen LogP contribution in [-0.4, -0.2) is 13.0 Å². The maximum Gasteiger partial charge on any atom is 0.242 e. The Hall–Kier alpha value is -1.35. The van der Waals surface area contributed by atoms with Gasteiger partial charge >= 0.3 is 0 Å². The smallest absolute Gasteiger partial charge is 0.242 e. The number of likely N-dealkylation sites (N-methyl/N-ethyl adjacent to an activating group) is 1. The molecule has 0 fully saturated rings. The van der Waals surface area contributed by atoms with Crippen LogP contribution in [0.15, 0.2) is 18.2 Å². The molecule has 82 valence electrons. The Kier molecular flexibility index (Phi) is 3.15. The van der Waals surface area contributed by atoms with Gasteiger partial charge in [0.2, 0.25) is 5.91 Å². The van der Waals surface area contributed by atoms with E-state index in [4.69, 9.17) is 5.73 Å². The fourth-order valence-corrected chi connectivity index (χ4v) is 1.67. The van der Waals surface area contributed by atoms with Crippen LogP contribution in [0.4, 0.5) is 0 Å². The van der Waals surface area contributed by atoms with Crippen molar-refractivity contribution in [1.29, 1.82) is 0 Å². The Balaban J connectivity index is 3.29. The van der Waals surface area contributed by atoms with Crippen molar-refractivity contribution in [1.82, 2.24) is 5.32 Å². The summed E-state index contributed by atoms with van der Waals surface area (Å²) in [7, 11) is 1.74. The van der Waals surface area contributed by atoms with Crippen molar-refractivity contribution in [3.63, 3.8) is 0 Å². The molecule has 0 saturated heterocycles. The van der Waals surface area contributed by atoms with E-state index >= 15 is 0 Å². The minimum atomic E-state index is -0.795. The predicted octanol–water partition coefficient (Wildman–Crippen LogP) is 1.22. The Morgan fingerprint density at radius 3 is 2.07 bits per heavy atom. The van der Waals surface area contributed by atoms with Crippen LogP contribution in [0.1, 0.15) is 23.6 Å². The molecule has 15 heavy (non-hydrogen) atoms. The van der Waals surface area contributed by atoms with Gasteiger partial charge in [-0.2, -0.15) is 0 Å². The Morgan fingerprint density at radius 2 is 1.73 bits per heavy atom. The van der Waals surface area contributed by atoms with E-state index < -0.39 is 5.54 Å². The number of nitrogens with one attached hydrogen (secondary N) is 1. The fraction of sp³-hybridized carbons (Fsp3) is 0.417. The number of nitrogens with two attached hydrogens (primary N) is 1. The molecule has 0 aliphatic heterocycles. The Labute approximate surface area is 90.7 Å². The third-order valence-corrected chi connectivity index (χ3v) is 2.79. The van der Waals surface area contributed by atoms with E-state index in [1.807, 2.05) is 26.0 Å². The fourth-order valence-electron chi connectivity index (χ4n) is 1.67. The number of carbonyl (C=O) groups is 1. The SMILES string of the molecule is CNC(C)(C(N)=O)c1cc(C)cc(C)c1. The van der Waals surface area contributed by atoms with Crippen LogP contribution in [-0.2, 0) is 10.3 Å². The zero-order valence-electron chi connectivity index (χ0n) is 9.72. The lowest BCUT2D eigenvalue weighted by molar-refractivity contribution is -0.123. The highest BCUT2D eigenvalue weighted by Gasteiger charge is 2.31. The average molecular weight is 206 g/mol. The number of amides is 1. The van der Waals surface area contributed by atoms with Gasteiger partial charge in [-0.15, -0.1) is 0 Å². The van der Waals surface area contributed by atoms with Crippen LogP contribution >= 0.6 is 0 Å². The first kappa shape index (κ1) is 11.7. The quantitative estimate of drug-likeness (QED) is 0.781. The molecule has 1 aromatic carbocycles. The summed E-state index contributed by atoms with van der Waals surface area (Å²) in [4.78, 5) is 11.4. The van der Waals surface area contributed by atoms with E-state index in [0.717, 1.165) is 16.7 Å². The first-order valence-electron chi connectivity index (χ1n) is 4.97. The second kappa shape index (κ2) is 4.03. The van der Waals surface area contributed by atoms with Gasteiger partial charge in [-0.1, -0.05) is 29.3 Å². The molecule has 1 unspecified atom stereocenters. The molecule has 0 radical (unpaired) electrons. The summed E-state index contributed by atoms with van der Waals surface area (Å²) in [5.74, 6) is -0.366. The van der Waals surface area contributed by atoms with E-state index in [0.29, 0.717) is 0 Å². The summed E-state index contributed by atoms with van der Waals surface area (Å²) in [6.45, 7) is 5.81. The van der Waals surface area contributed by atoms with Crippen molar-refractivity contribution in [3.05, 3.63) is 34.9 Å². The van der Waals surface area contributed by atoms with Gasteiger partial charge in [0.05, 0.1) is 0 Å². The first-order valence-corrected chi connectivity index (χ1v) is 4.97. The van der Waals surface area contributed by atoms with Crippen molar-refractivity contribution in [2.24, 2.45) is 5.73 Å². The van der Waals surface area contributed by atoms with Crippen molar-refractivity contribution in [2.45, 2.75) is 26.3 Å². The number of benzene rings is 1. The van der Waals surface area contributed by atoms with E-state index in [2.05, 4.69) is 11.4 Å². The molecule has 3 heteroatoms. The maximum absolute atomic E-state index is 11.4. The van der Waals surface area contributed by atoms with E-state index in [9.17, 15) is 4.79 Å². The summed E-state index contributed by atoms with van der Waals surface area (Å²) >= 11 is 0. The molecular formula is C12H18N2O. The highest BCUT2D eigenvalue weighted by molar-refractivity contribution is 5.85. The molecule has 1 rings (SSSR count). The van der Waals surface area contributed by atoms with Gasteiger partial charge in [0.15, 0.2) is 0 Å². The van der Waals surface area contributed by atoms with Crippen molar-refractivity contribution in [3.8, 4) is 0 Å². The first-order chi connectivity index (χ1) is 6.90. The highest BCUT2D eigenvalue weighted by atomic mass is 16.1. The second-order valence-electron chi connectivity index (χ2n) is 4.12. The molecule has 0 spiro atoms. The lowest BCUT2D eigenvalue weighted by atomic mass is 9.89. The predicted molar refractivity (Wildman–Crippen MR) is 61.5 cm³/mol. The summed E-state index contributed by atoms with van der Waals surface area (Å²) in [5.41, 5.74) is 7.79. The minimum absolute atomic E-state index is 0.366. The number of rotatable bonds is 3. The zero-order chi connectivity index (χ0) is 11.6. The standard InChI is InChI=1S/C12H18N2O/c1-8-5-9(2)7-10(6-8)12(3,14-4)11(13)15/h5-7,14H,1-4H3,(H2,13,15). The van der Waals surface area contributed by atoms with Crippen molar-refractivity contribution < 1.29 is 4.79 Å². The molecule has 3 nitrogen and oxygen atoms in total. The molecule has 0 aromatic heterocycles. The summed E-state index contributed by atoms with van der Waals surface area (Å²) in [6.07, 6.45) is 0. The van der Waals surface area contributed by atoms with Gasteiger partial charge in [-0.25, -0.2) is 0 Å². The molecule has 0 bridgehead atoms. The van der Waals surface area contributed by atoms with Gasteiger partial charge in [0.25, 0.3) is 0 Å². The second-order valence-corrected chi connectivity index (χ2v) is 4.12. The van der Waals surface area contributed by atoms with Gasteiger partial charge in [-0.05, 0) is 33.4 Å². The van der Waals surface area contributed by atoms with Gasteiger partial charge in [-0.3, -0.25) is 4.79 Å². The lowest BCUT2D eigenvalue weighted by Crippen LogP contribution is -2.48. The van der Waals surface area contributed by atoms with Crippen LogP contribution in [0.25, 0.3) is 0 Å². The van der Waals surface area contributed by atoms with Crippen LogP contribution in [0.3, 0.4) is 0 Å². The monoisotopic (exact) mass is 206 g/mol. The highest BCUT2D eigenvalue weighted by Crippen LogP contribution is 2.22. The van der Waals surface area contributed by atoms with Crippen molar-refractivity contribution in [2.75, 3.05) is 7.05 Å². The van der Waals surface area contributed by atoms with E-state index in [1.54, 1.807) is 14.0 Å². The Bertz CT molecular complexity index is 367. The summed E-state index contributed by atoms with van der Waals surface area (Å²) in [5, 5.41) is 2.97. The molecule has 1 aromatic rings. The van der Waals surface area contributed by atoms with Gasteiger partial charge < -0.3 is 11.1 Å². The van der Waals surface area contributed by atoms with Crippen LogP contribution < -0.4 is 11.1 Å². The number of primary amides is 1. The minimum Gasteiger partial charge on any atom is -0.368 e. The maximum atomic E-state index is 11.4. The largest absolute Gasteiger partial charge is 0.368 e. The molecular weight excluding hydrogens is 188 g/mol. The number of aryl methyl sites for hydroxylation is 2. The van der Waals surface area contributed by atoms with Crippen LogP contribution in [0.5, 0.6) is 0 Å². The summed E-state index contributed by atoms with van der Waals surface area (Å²) < 4.78 is 0. The van der Waals surface area contributed by atoms with E-state index in [-0.39, 0.29) is 5.91 Å². The number of carbonyl (C=O) groups excluding carboxylic acids is 1. The molecule has 1 atom stereocenters. The molecule has 0 aliphatic rings. The molecule has 0 heterocycles. The number of hydrogen-bond acceptors (Lipinski definition) is 2. The van der Waals surface area contributed by atoms with Crippen LogP contribution in [0.2, 0.25) is 0 Å². The van der Waals surface area contributed by atoms with Crippen molar-refractivity contribution >= 4 is 5.91 Å². The Morgan fingerprint density at radius 1 is 1.27 bits per heavy atom. The van der Waals surface area contributed by atoms with Gasteiger partial charge in [0.1, 0.15) is 5.54 Å². The molecule has 0 saturated carbocycles. The molecule has 1 amide bonds. The number of hydrogen-bond donors (Lipinski definition) is 2. The average Bonchev–Trinajstić information content (AvgIpc) is 2.14. The van der Waals surface area contributed by atoms with Crippen LogP contribution in [0, 0.1) is 13.8 Å². The normalized spacial score (nSPS) is 14.7. The lowest BCUT2D eigenvalue weighted by Gasteiger charge is -2.26.